The van der Waals surface area contributed by atoms with Crippen molar-refractivity contribution < 1.29 is 14.4 Å². The zero-order valence-electron chi connectivity index (χ0n) is 10.7. The summed E-state index contributed by atoms with van der Waals surface area (Å²) in [6.07, 6.45) is 0.656. The van der Waals surface area contributed by atoms with Gasteiger partial charge in [-0.05, 0) is 17.7 Å². The molecule has 20 heavy (non-hydrogen) atoms. The van der Waals surface area contributed by atoms with Gasteiger partial charge >= 0.3 is 5.69 Å². The first kappa shape index (κ1) is 12.5. The summed E-state index contributed by atoms with van der Waals surface area (Å²) in [6.45, 7) is 0.291. The lowest BCUT2D eigenvalue weighted by Gasteiger charge is -2.12. The lowest BCUT2D eigenvalue weighted by molar-refractivity contribution is -0.385. The minimum absolute atomic E-state index is 0.0250. The van der Waals surface area contributed by atoms with Crippen molar-refractivity contribution >= 4 is 5.69 Å². The van der Waals surface area contributed by atoms with Crippen molar-refractivity contribution in [2.24, 2.45) is 0 Å². The third kappa shape index (κ3) is 2.42. The van der Waals surface area contributed by atoms with Crippen LogP contribution in [0.3, 0.4) is 0 Å². The summed E-state index contributed by atoms with van der Waals surface area (Å²) in [5.74, 6) is 1.14. The molecule has 2 aromatic carbocycles. The van der Waals surface area contributed by atoms with Crippen LogP contribution in [-0.4, -0.2) is 17.6 Å². The minimum Gasteiger partial charge on any atom is -0.486 e. The number of para-hydroxylation sites is 3. The Morgan fingerprint density at radius 2 is 1.95 bits per heavy atom. The van der Waals surface area contributed by atoms with E-state index in [1.54, 1.807) is 18.2 Å². The van der Waals surface area contributed by atoms with Crippen molar-refractivity contribution in [3.63, 3.8) is 0 Å². The molecule has 1 heterocycles. The van der Waals surface area contributed by atoms with Crippen LogP contribution in [0.5, 0.6) is 11.5 Å². The van der Waals surface area contributed by atoms with Gasteiger partial charge in [-0.2, -0.15) is 0 Å². The van der Waals surface area contributed by atoms with Gasteiger partial charge in [0, 0.05) is 12.5 Å². The van der Waals surface area contributed by atoms with Gasteiger partial charge in [-0.25, -0.2) is 0 Å². The van der Waals surface area contributed by atoms with Gasteiger partial charge in [0.1, 0.15) is 18.5 Å². The van der Waals surface area contributed by atoms with Gasteiger partial charge in [0.2, 0.25) is 0 Å². The van der Waals surface area contributed by atoms with E-state index in [1.807, 2.05) is 24.3 Å². The maximum atomic E-state index is 10.9. The van der Waals surface area contributed by atoms with Crippen molar-refractivity contribution in [1.29, 1.82) is 0 Å². The zero-order valence-corrected chi connectivity index (χ0v) is 10.7. The quantitative estimate of drug-likeness (QED) is 0.633. The standard InChI is InChI=1S/C15H13NO4/c17-16(18)13-6-2-4-8-15(13)19-10-12-9-11-5-1-3-7-14(11)20-12/h1-8,12H,9-10H2. The topological polar surface area (TPSA) is 61.6 Å². The zero-order chi connectivity index (χ0) is 13.9. The second-order valence-corrected chi connectivity index (χ2v) is 4.59. The molecule has 0 amide bonds. The van der Waals surface area contributed by atoms with Gasteiger partial charge in [0.15, 0.2) is 5.75 Å². The van der Waals surface area contributed by atoms with Crippen LogP contribution in [0.15, 0.2) is 48.5 Å². The molecule has 102 valence electrons. The first-order valence-electron chi connectivity index (χ1n) is 6.35. The van der Waals surface area contributed by atoms with E-state index in [1.165, 1.54) is 6.07 Å². The van der Waals surface area contributed by atoms with Gasteiger partial charge < -0.3 is 9.47 Å². The molecule has 0 aromatic heterocycles. The number of ether oxygens (including phenoxy) is 2. The van der Waals surface area contributed by atoms with E-state index in [9.17, 15) is 10.1 Å². The summed E-state index contributed by atoms with van der Waals surface area (Å²) in [4.78, 5) is 10.4. The Morgan fingerprint density at radius 1 is 1.20 bits per heavy atom. The predicted octanol–water partition coefficient (Wildman–Crippen LogP) is 2.98. The lowest BCUT2D eigenvalue weighted by atomic mass is 10.1. The molecule has 1 aliphatic heterocycles. The first-order valence-corrected chi connectivity index (χ1v) is 6.35. The van der Waals surface area contributed by atoms with E-state index in [2.05, 4.69) is 0 Å². The minimum atomic E-state index is -0.445. The van der Waals surface area contributed by atoms with Crippen LogP contribution in [-0.2, 0) is 6.42 Å². The highest BCUT2D eigenvalue weighted by Gasteiger charge is 2.24. The van der Waals surface area contributed by atoms with E-state index in [0.717, 1.165) is 17.7 Å². The molecule has 0 radical (unpaired) electrons. The Kier molecular flexibility index (Phi) is 3.25. The Hall–Kier alpha value is -2.56. The molecule has 0 aliphatic carbocycles. The van der Waals surface area contributed by atoms with Gasteiger partial charge in [-0.1, -0.05) is 30.3 Å². The smallest absolute Gasteiger partial charge is 0.310 e. The fraction of sp³-hybridized carbons (Fsp3) is 0.200. The lowest BCUT2D eigenvalue weighted by Crippen LogP contribution is -2.22. The van der Waals surface area contributed by atoms with Gasteiger partial charge in [0.05, 0.1) is 4.92 Å². The Balaban J connectivity index is 1.66. The average molecular weight is 271 g/mol. The summed E-state index contributed by atoms with van der Waals surface area (Å²) in [5, 5.41) is 10.9. The van der Waals surface area contributed by atoms with Crippen molar-refractivity contribution in [2.45, 2.75) is 12.5 Å². The Bertz CT molecular complexity index is 616. The van der Waals surface area contributed by atoms with Crippen molar-refractivity contribution in [2.75, 3.05) is 6.61 Å². The summed E-state index contributed by atoms with van der Waals surface area (Å²) in [6, 6.07) is 14.2. The Labute approximate surface area is 115 Å². The number of rotatable bonds is 4. The summed E-state index contributed by atoms with van der Waals surface area (Å²) >= 11 is 0. The summed E-state index contributed by atoms with van der Waals surface area (Å²) in [5.41, 5.74) is 1.12. The molecule has 1 aliphatic rings. The fourth-order valence-electron chi connectivity index (χ4n) is 2.26. The number of nitrogens with zero attached hydrogens (tertiary/aromatic N) is 1. The van der Waals surface area contributed by atoms with E-state index >= 15 is 0 Å². The maximum Gasteiger partial charge on any atom is 0.310 e. The van der Waals surface area contributed by atoms with Crippen LogP contribution >= 0.6 is 0 Å². The fourth-order valence-corrected chi connectivity index (χ4v) is 2.26. The summed E-state index contributed by atoms with van der Waals surface area (Å²) in [7, 11) is 0. The molecule has 0 N–H and O–H groups in total. The molecule has 0 fully saturated rings. The van der Waals surface area contributed by atoms with Crippen molar-refractivity contribution in [1.82, 2.24) is 0 Å². The number of hydrogen-bond acceptors (Lipinski definition) is 4. The third-order valence-corrected chi connectivity index (χ3v) is 3.20. The van der Waals surface area contributed by atoms with E-state index in [4.69, 9.17) is 9.47 Å². The molecule has 1 unspecified atom stereocenters. The molecule has 0 saturated carbocycles. The Morgan fingerprint density at radius 3 is 2.75 bits per heavy atom. The second-order valence-electron chi connectivity index (χ2n) is 4.59. The second kappa shape index (κ2) is 5.21. The normalized spacial score (nSPS) is 16.3. The number of fused-ring (bicyclic) bond motifs is 1. The molecule has 5 heteroatoms. The number of hydrogen-bond donors (Lipinski definition) is 0. The molecule has 0 saturated heterocycles. The number of nitro groups is 1. The van der Waals surface area contributed by atoms with Crippen molar-refractivity contribution in [3.05, 3.63) is 64.2 Å². The molecule has 5 nitrogen and oxygen atoms in total. The van der Waals surface area contributed by atoms with Crippen LogP contribution in [0.2, 0.25) is 0 Å². The maximum absolute atomic E-state index is 10.9. The van der Waals surface area contributed by atoms with Crippen LogP contribution in [0.4, 0.5) is 5.69 Å². The van der Waals surface area contributed by atoms with Crippen LogP contribution < -0.4 is 9.47 Å². The predicted molar refractivity (Wildman–Crippen MR) is 73.2 cm³/mol. The van der Waals surface area contributed by atoms with E-state index in [-0.39, 0.29) is 17.5 Å². The first-order chi connectivity index (χ1) is 9.74. The SMILES string of the molecule is O=[N+]([O-])c1ccccc1OCC1Cc2ccccc2O1. The number of benzene rings is 2. The van der Waals surface area contributed by atoms with Gasteiger partial charge in [0.25, 0.3) is 0 Å². The molecule has 1 atom stereocenters. The van der Waals surface area contributed by atoms with Gasteiger partial charge in [-0.15, -0.1) is 0 Å². The van der Waals surface area contributed by atoms with E-state index < -0.39 is 4.92 Å². The van der Waals surface area contributed by atoms with Crippen molar-refractivity contribution in [3.8, 4) is 11.5 Å². The highest BCUT2D eigenvalue weighted by molar-refractivity contribution is 5.45. The molecular weight excluding hydrogens is 258 g/mol. The monoisotopic (exact) mass is 271 g/mol. The molecule has 2 aromatic rings. The third-order valence-electron chi connectivity index (χ3n) is 3.20. The largest absolute Gasteiger partial charge is 0.486 e. The number of nitro benzene ring substituents is 1. The summed E-state index contributed by atoms with van der Waals surface area (Å²) < 4.78 is 11.3. The molecule has 3 rings (SSSR count). The van der Waals surface area contributed by atoms with Crippen LogP contribution in [0, 0.1) is 10.1 Å². The van der Waals surface area contributed by atoms with Gasteiger partial charge in [-0.3, -0.25) is 10.1 Å². The molecule has 0 bridgehead atoms. The highest BCUT2D eigenvalue weighted by Crippen LogP contribution is 2.30. The van der Waals surface area contributed by atoms with Crippen LogP contribution in [0.25, 0.3) is 0 Å². The molecular formula is C15H13NO4. The van der Waals surface area contributed by atoms with Crippen LogP contribution in [0.1, 0.15) is 5.56 Å². The van der Waals surface area contributed by atoms with E-state index in [0.29, 0.717) is 6.61 Å². The molecule has 0 spiro atoms. The average Bonchev–Trinajstić information content (AvgIpc) is 2.88. The highest BCUT2D eigenvalue weighted by atomic mass is 16.6.